The van der Waals surface area contributed by atoms with Crippen molar-refractivity contribution in [1.82, 2.24) is 9.96 Å². The highest BCUT2D eigenvalue weighted by atomic mass is 35.5. The molecule has 0 saturated carbocycles. The summed E-state index contributed by atoms with van der Waals surface area (Å²) >= 11 is 5.84. The largest absolute Gasteiger partial charge is 0.345 e. The third kappa shape index (κ3) is 0.895. The molecule has 0 aliphatic carbocycles. The van der Waals surface area contributed by atoms with Crippen molar-refractivity contribution in [3.63, 3.8) is 0 Å². The van der Waals surface area contributed by atoms with Crippen LogP contribution in [0.3, 0.4) is 0 Å². The Hall–Kier alpha value is -0.480. The number of amides is 2. The lowest BCUT2D eigenvalue weighted by Gasteiger charge is -2.24. The van der Waals surface area contributed by atoms with Crippen LogP contribution in [0.4, 0.5) is 4.79 Å². The fourth-order valence-electron chi connectivity index (χ4n) is 1.60. The molecule has 2 saturated heterocycles. The molecule has 0 aromatic carbocycles. The van der Waals surface area contributed by atoms with Crippen LogP contribution in [0, 0.1) is 0 Å². The number of carbonyl (C=O) groups excluding carboxylic acids is 1. The molecule has 0 unspecified atom stereocenters. The number of hydrogen-bond acceptors (Lipinski definition) is 2. The molecular weight excluding hydrogens is 168 g/mol. The molecule has 0 radical (unpaired) electrons. The van der Waals surface area contributed by atoms with Crippen LogP contribution in [0.25, 0.3) is 0 Å². The summed E-state index contributed by atoms with van der Waals surface area (Å²) in [6.07, 6.45) is 1.57. The van der Waals surface area contributed by atoms with Gasteiger partial charge in [0.2, 0.25) is 0 Å². The Labute approximate surface area is 69.3 Å². The van der Waals surface area contributed by atoms with Crippen molar-refractivity contribution >= 4 is 17.6 Å². The number of rotatable bonds is 0. The smallest absolute Gasteiger partial charge is 0.304 e. The quantitative estimate of drug-likeness (QED) is 0.338. The fourth-order valence-corrected chi connectivity index (χ4v) is 1.89. The molecule has 2 bridgehead atoms. The van der Waals surface area contributed by atoms with E-state index >= 15 is 0 Å². The first kappa shape index (κ1) is 7.18. The first-order valence-corrected chi connectivity index (χ1v) is 4.06. The molecule has 2 fully saturated rings. The van der Waals surface area contributed by atoms with Crippen molar-refractivity contribution in [3.8, 4) is 0 Å². The average Bonchev–Trinajstić information content (AvgIpc) is 2.24. The molecule has 2 heterocycles. The second-order valence-electron chi connectivity index (χ2n) is 2.95. The lowest BCUT2D eigenvalue weighted by molar-refractivity contribution is -0.0583. The van der Waals surface area contributed by atoms with Gasteiger partial charge in [-0.2, -0.15) is 0 Å². The van der Waals surface area contributed by atoms with Crippen LogP contribution in [-0.2, 0) is 0 Å². The zero-order valence-corrected chi connectivity index (χ0v) is 6.66. The number of nitrogens with zero attached hydrogens (tertiary/aromatic N) is 2. The van der Waals surface area contributed by atoms with E-state index in [4.69, 9.17) is 16.8 Å². The van der Waals surface area contributed by atoms with Gasteiger partial charge in [0, 0.05) is 6.54 Å². The van der Waals surface area contributed by atoms with Crippen LogP contribution in [-0.4, -0.2) is 39.3 Å². The molecule has 11 heavy (non-hydrogen) atoms. The molecule has 0 spiro atoms. The van der Waals surface area contributed by atoms with Gasteiger partial charge in [0.15, 0.2) is 0 Å². The number of alkyl halides is 1. The maximum atomic E-state index is 11.1. The fraction of sp³-hybridized carbons (Fsp3) is 0.833. The van der Waals surface area contributed by atoms with Crippen LogP contribution in [0.15, 0.2) is 0 Å². The Balaban J connectivity index is 2.22. The molecular formula is C6H9ClN2O2. The number of carbonyl (C=O) groups is 1. The highest BCUT2D eigenvalue weighted by Gasteiger charge is 2.43. The summed E-state index contributed by atoms with van der Waals surface area (Å²) in [4.78, 5) is 12.6. The topological polar surface area (TPSA) is 43.8 Å². The monoisotopic (exact) mass is 176 g/mol. The first-order chi connectivity index (χ1) is 5.20. The maximum absolute atomic E-state index is 11.1. The van der Waals surface area contributed by atoms with E-state index in [-0.39, 0.29) is 17.6 Å². The minimum Gasteiger partial charge on any atom is -0.304 e. The normalized spacial score (nSPS) is 36.7. The van der Waals surface area contributed by atoms with Crippen molar-refractivity contribution in [2.24, 2.45) is 0 Å². The Bertz CT molecular complexity index is 199. The molecule has 1 N–H and O–H groups in total. The maximum Gasteiger partial charge on any atom is 0.345 e. The van der Waals surface area contributed by atoms with Gasteiger partial charge in [0.05, 0.1) is 6.04 Å². The van der Waals surface area contributed by atoms with Gasteiger partial charge in [-0.3, -0.25) is 5.21 Å². The van der Waals surface area contributed by atoms with Crippen molar-refractivity contribution in [3.05, 3.63) is 0 Å². The molecule has 2 amide bonds. The summed E-state index contributed by atoms with van der Waals surface area (Å²) in [5.41, 5.74) is -0.226. The molecule has 2 atom stereocenters. The number of urea groups is 1. The lowest BCUT2D eigenvalue weighted by atomic mass is 10.1. The van der Waals surface area contributed by atoms with Gasteiger partial charge >= 0.3 is 6.03 Å². The summed E-state index contributed by atoms with van der Waals surface area (Å²) in [5, 5.41) is 9.96. The van der Waals surface area contributed by atoms with E-state index in [2.05, 4.69) is 0 Å². The highest BCUT2D eigenvalue weighted by Crippen LogP contribution is 2.29. The highest BCUT2D eigenvalue weighted by molar-refractivity contribution is 6.21. The van der Waals surface area contributed by atoms with E-state index in [9.17, 15) is 4.79 Å². The van der Waals surface area contributed by atoms with E-state index in [0.29, 0.717) is 6.54 Å². The second kappa shape index (κ2) is 2.25. The predicted octanol–water partition coefficient (Wildman–Crippen LogP) is 0.841. The minimum atomic E-state index is -0.354. The van der Waals surface area contributed by atoms with Gasteiger partial charge in [-0.25, -0.2) is 9.86 Å². The van der Waals surface area contributed by atoms with Crippen LogP contribution < -0.4 is 0 Å². The zero-order chi connectivity index (χ0) is 8.01. The number of hydrogen-bond donors (Lipinski definition) is 1. The summed E-state index contributed by atoms with van der Waals surface area (Å²) in [7, 11) is 0. The second-order valence-corrected chi connectivity index (χ2v) is 3.45. The molecule has 62 valence electrons. The van der Waals surface area contributed by atoms with Crippen LogP contribution in [0.1, 0.15) is 12.8 Å². The summed E-state index contributed by atoms with van der Waals surface area (Å²) in [6, 6.07) is -0.384. The zero-order valence-electron chi connectivity index (χ0n) is 5.90. The number of hydroxylamine groups is 2. The molecule has 5 heteroatoms. The SMILES string of the molecule is O=C1N(O)[C@@H]2CC[C@@H](Cl)N1C2. The molecule has 0 aromatic rings. The van der Waals surface area contributed by atoms with Crippen molar-refractivity contribution < 1.29 is 10.0 Å². The average molecular weight is 177 g/mol. The Morgan fingerprint density at radius 2 is 2.27 bits per heavy atom. The van der Waals surface area contributed by atoms with Gasteiger partial charge in [-0.1, -0.05) is 11.6 Å². The van der Waals surface area contributed by atoms with Gasteiger partial charge < -0.3 is 4.90 Å². The van der Waals surface area contributed by atoms with Crippen LogP contribution in [0.2, 0.25) is 0 Å². The lowest BCUT2D eigenvalue weighted by Crippen LogP contribution is -2.36. The molecule has 4 nitrogen and oxygen atoms in total. The Morgan fingerprint density at radius 3 is 2.91 bits per heavy atom. The molecule has 2 aliphatic rings. The van der Waals surface area contributed by atoms with Gasteiger partial charge in [-0.05, 0) is 12.8 Å². The first-order valence-electron chi connectivity index (χ1n) is 3.63. The number of piperidine rings is 1. The third-order valence-electron chi connectivity index (χ3n) is 2.27. The molecule has 2 rings (SSSR count). The van der Waals surface area contributed by atoms with E-state index < -0.39 is 0 Å². The number of halogens is 1. The van der Waals surface area contributed by atoms with E-state index in [1.807, 2.05) is 0 Å². The standard InChI is InChI=1S/C6H9ClN2O2/c7-5-2-1-4-3-8(5)6(10)9(4)11/h4-5,11H,1-3H2/t4-,5+/m1/s1. The summed E-state index contributed by atoms with van der Waals surface area (Å²) in [5.74, 6) is 0. The molecule has 0 aromatic heterocycles. The van der Waals surface area contributed by atoms with E-state index in [1.54, 1.807) is 0 Å². The Morgan fingerprint density at radius 1 is 1.55 bits per heavy atom. The Kier molecular flexibility index (Phi) is 1.47. The minimum absolute atomic E-state index is 0.0301. The summed E-state index contributed by atoms with van der Waals surface area (Å²) in [6.45, 7) is 0.573. The third-order valence-corrected chi connectivity index (χ3v) is 2.73. The van der Waals surface area contributed by atoms with Crippen molar-refractivity contribution in [1.29, 1.82) is 0 Å². The van der Waals surface area contributed by atoms with Crippen LogP contribution >= 0.6 is 11.6 Å². The number of fused-ring (bicyclic) bond motifs is 2. The van der Waals surface area contributed by atoms with Gasteiger partial charge in [0.25, 0.3) is 0 Å². The molecule has 2 aliphatic heterocycles. The van der Waals surface area contributed by atoms with E-state index in [1.165, 1.54) is 4.90 Å². The van der Waals surface area contributed by atoms with E-state index in [0.717, 1.165) is 17.9 Å². The van der Waals surface area contributed by atoms with Crippen molar-refractivity contribution in [2.45, 2.75) is 24.4 Å². The van der Waals surface area contributed by atoms with Gasteiger partial charge in [-0.15, -0.1) is 0 Å². The summed E-state index contributed by atoms with van der Waals surface area (Å²) < 4.78 is 0. The van der Waals surface area contributed by atoms with Crippen molar-refractivity contribution in [2.75, 3.05) is 6.54 Å². The predicted molar refractivity (Wildman–Crippen MR) is 38.4 cm³/mol. The van der Waals surface area contributed by atoms with Crippen LogP contribution in [0.5, 0.6) is 0 Å². The van der Waals surface area contributed by atoms with Gasteiger partial charge in [0.1, 0.15) is 5.50 Å².